The number of nitrogens with two attached hydrogens (primary N) is 1. The summed E-state index contributed by atoms with van der Waals surface area (Å²) in [5.41, 5.74) is 12.7. The van der Waals surface area contributed by atoms with E-state index in [1.807, 2.05) is 0 Å². The second kappa shape index (κ2) is 5.90. The minimum absolute atomic E-state index is 0.166. The Hall–Kier alpha value is -1.80. The lowest BCUT2D eigenvalue weighted by Crippen LogP contribution is -2.17. The van der Waals surface area contributed by atoms with E-state index in [0.717, 1.165) is 18.6 Å². The van der Waals surface area contributed by atoms with Gasteiger partial charge in [-0.25, -0.2) is 0 Å². The maximum absolute atomic E-state index is 6.20. The average molecular weight is 281 g/mol. The molecule has 0 radical (unpaired) electrons. The summed E-state index contributed by atoms with van der Waals surface area (Å²) in [7, 11) is 0. The van der Waals surface area contributed by atoms with Crippen molar-refractivity contribution in [2.45, 2.75) is 45.8 Å². The van der Waals surface area contributed by atoms with Crippen LogP contribution in [0.1, 0.15) is 46.7 Å². The lowest BCUT2D eigenvalue weighted by atomic mass is 9.88. The number of aryl methyl sites for hydroxylation is 3. The van der Waals surface area contributed by atoms with Crippen LogP contribution in [0.3, 0.4) is 0 Å². The first-order valence-electron chi connectivity index (χ1n) is 7.71. The minimum Gasteiger partial charge on any atom is -0.489 e. The van der Waals surface area contributed by atoms with Crippen LogP contribution in [0.15, 0.2) is 36.4 Å². The van der Waals surface area contributed by atoms with Crippen LogP contribution in [-0.4, -0.2) is 0 Å². The van der Waals surface area contributed by atoms with E-state index in [1.165, 1.54) is 34.2 Å². The fourth-order valence-electron chi connectivity index (χ4n) is 2.96. The molecule has 2 heteroatoms. The quantitative estimate of drug-likeness (QED) is 0.914. The zero-order valence-electron chi connectivity index (χ0n) is 12.9. The lowest BCUT2D eigenvalue weighted by molar-refractivity contribution is 0.305. The molecule has 3 rings (SSSR count). The predicted octanol–water partition coefficient (Wildman–Crippen LogP) is 4.22. The first-order chi connectivity index (χ1) is 10.1. The first kappa shape index (κ1) is 14.2. The highest BCUT2D eigenvalue weighted by molar-refractivity contribution is 5.39. The molecule has 1 atom stereocenters. The van der Waals surface area contributed by atoms with Gasteiger partial charge in [-0.05, 0) is 73.1 Å². The normalized spacial score (nSPS) is 17.4. The van der Waals surface area contributed by atoms with Crippen molar-refractivity contribution in [2.75, 3.05) is 0 Å². The Morgan fingerprint density at radius 1 is 1.10 bits per heavy atom. The highest BCUT2D eigenvalue weighted by atomic mass is 16.5. The van der Waals surface area contributed by atoms with E-state index in [9.17, 15) is 0 Å². The molecule has 0 bridgehead atoms. The largest absolute Gasteiger partial charge is 0.489 e. The Bertz CT molecular complexity index is 648. The lowest BCUT2D eigenvalue weighted by Gasteiger charge is -2.22. The van der Waals surface area contributed by atoms with Gasteiger partial charge in [-0.15, -0.1) is 0 Å². The predicted molar refractivity (Wildman–Crippen MR) is 86.6 cm³/mol. The topological polar surface area (TPSA) is 35.2 Å². The van der Waals surface area contributed by atoms with Gasteiger partial charge in [0, 0.05) is 6.04 Å². The maximum atomic E-state index is 6.20. The summed E-state index contributed by atoms with van der Waals surface area (Å²) in [6.07, 6.45) is 3.41. The molecule has 0 fully saturated rings. The van der Waals surface area contributed by atoms with Crippen molar-refractivity contribution in [1.29, 1.82) is 0 Å². The number of rotatable bonds is 3. The summed E-state index contributed by atoms with van der Waals surface area (Å²) < 4.78 is 5.95. The third-order valence-electron chi connectivity index (χ3n) is 4.45. The summed E-state index contributed by atoms with van der Waals surface area (Å²) in [6, 6.07) is 13.0. The Morgan fingerprint density at radius 3 is 2.76 bits per heavy atom. The van der Waals surface area contributed by atoms with Crippen LogP contribution in [0.5, 0.6) is 5.75 Å². The molecular formula is C19H23NO. The molecule has 0 aromatic heterocycles. The van der Waals surface area contributed by atoms with Gasteiger partial charge in [-0.3, -0.25) is 0 Å². The van der Waals surface area contributed by atoms with E-state index in [2.05, 4.69) is 50.2 Å². The highest BCUT2D eigenvalue weighted by Gasteiger charge is 2.17. The number of hydrogen-bond donors (Lipinski definition) is 1. The van der Waals surface area contributed by atoms with Gasteiger partial charge < -0.3 is 10.5 Å². The summed E-state index contributed by atoms with van der Waals surface area (Å²) >= 11 is 0. The average Bonchev–Trinajstić information content (AvgIpc) is 2.49. The Labute approximate surface area is 126 Å². The van der Waals surface area contributed by atoms with Gasteiger partial charge >= 0.3 is 0 Å². The van der Waals surface area contributed by atoms with Gasteiger partial charge in [-0.1, -0.05) is 24.3 Å². The van der Waals surface area contributed by atoms with Crippen molar-refractivity contribution >= 4 is 0 Å². The number of ether oxygens (including phenoxy) is 1. The van der Waals surface area contributed by atoms with E-state index in [1.54, 1.807) is 0 Å². The van der Waals surface area contributed by atoms with Crippen molar-refractivity contribution in [3.8, 4) is 5.75 Å². The van der Waals surface area contributed by atoms with Gasteiger partial charge in [-0.2, -0.15) is 0 Å². The molecule has 110 valence electrons. The van der Waals surface area contributed by atoms with Crippen molar-refractivity contribution in [3.63, 3.8) is 0 Å². The van der Waals surface area contributed by atoms with Gasteiger partial charge in [0.1, 0.15) is 12.4 Å². The molecule has 2 aromatic rings. The molecule has 2 aromatic carbocycles. The third-order valence-corrected chi connectivity index (χ3v) is 4.45. The van der Waals surface area contributed by atoms with E-state index in [4.69, 9.17) is 10.5 Å². The molecule has 0 spiro atoms. The molecule has 2 nitrogen and oxygen atoms in total. The molecule has 0 heterocycles. The standard InChI is InChI=1S/C19H23NO/c1-13-6-7-15(10-14(13)2)12-21-17-9-8-16-4-3-5-19(20)18(16)11-17/h6-11,19H,3-5,12,20H2,1-2H3/t19-/m1/s1. The zero-order chi connectivity index (χ0) is 14.8. The van der Waals surface area contributed by atoms with Crippen LogP contribution >= 0.6 is 0 Å². The van der Waals surface area contributed by atoms with E-state index in [0.29, 0.717) is 6.61 Å². The van der Waals surface area contributed by atoms with Crippen LogP contribution in [0.25, 0.3) is 0 Å². The van der Waals surface area contributed by atoms with Crippen LogP contribution < -0.4 is 10.5 Å². The van der Waals surface area contributed by atoms with Gasteiger partial charge in [0.25, 0.3) is 0 Å². The Morgan fingerprint density at radius 2 is 1.95 bits per heavy atom. The smallest absolute Gasteiger partial charge is 0.120 e. The zero-order valence-corrected chi connectivity index (χ0v) is 12.9. The Balaban J connectivity index is 1.73. The van der Waals surface area contributed by atoms with Crippen LogP contribution in [0, 0.1) is 13.8 Å². The molecule has 0 aliphatic heterocycles. The van der Waals surface area contributed by atoms with Gasteiger partial charge in [0.2, 0.25) is 0 Å². The van der Waals surface area contributed by atoms with Crippen LogP contribution in [0.2, 0.25) is 0 Å². The molecule has 1 aliphatic rings. The van der Waals surface area contributed by atoms with Crippen molar-refractivity contribution < 1.29 is 4.74 Å². The molecule has 21 heavy (non-hydrogen) atoms. The molecule has 0 unspecified atom stereocenters. The van der Waals surface area contributed by atoms with Crippen molar-refractivity contribution in [1.82, 2.24) is 0 Å². The van der Waals surface area contributed by atoms with Crippen LogP contribution in [0.4, 0.5) is 0 Å². The van der Waals surface area contributed by atoms with Gasteiger partial charge in [0.15, 0.2) is 0 Å². The van der Waals surface area contributed by atoms with E-state index >= 15 is 0 Å². The van der Waals surface area contributed by atoms with Crippen molar-refractivity contribution in [2.24, 2.45) is 5.73 Å². The summed E-state index contributed by atoms with van der Waals surface area (Å²) in [4.78, 5) is 0. The molecule has 0 saturated carbocycles. The minimum atomic E-state index is 0.166. The molecule has 0 amide bonds. The first-order valence-corrected chi connectivity index (χ1v) is 7.71. The fraction of sp³-hybridized carbons (Fsp3) is 0.368. The van der Waals surface area contributed by atoms with E-state index in [-0.39, 0.29) is 6.04 Å². The van der Waals surface area contributed by atoms with Gasteiger partial charge in [0.05, 0.1) is 0 Å². The summed E-state index contributed by atoms with van der Waals surface area (Å²) in [5.74, 6) is 0.921. The molecular weight excluding hydrogens is 258 g/mol. The van der Waals surface area contributed by atoms with Crippen molar-refractivity contribution in [3.05, 3.63) is 64.2 Å². The number of hydrogen-bond acceptors (Lipinski definition) is 2. The fourth-order valence-corrected chi connectivity index (χ4v) is 2.96. The highest BCUT2D eigenvalue weighted by Crippen LogP contribution is 2.31. The van der Waals surface area contributed by atoms with Crippen LogP contribution in [-0.2, 0) is 13.0 Å². The molecule has 1 aliphatic carbocycles. The maximum Gasteiger partial charge on any atom is 0.120 e. The SMILES string of the molecule is Cc1ccc(COc2ccc3c(c2)[C@H](N)CCC3)cc1C. The molecule has 2 N–H and O–H groups in total. The third kappa shape index (κ3) is 3.11. The summed E-state index contributed by atoms with van der Waals surface area (Å²) in [6.45, 7) is 4.87. The summed E-state index contributed by atoms with van der Waals surface area (Å²) in [5, 5.41) is 0. The Kier molecular flexibility index (Phi) is 3.98. The monoisotopic (exact) mass is 281 g/mol. The number of benzene rings is 2. The molecule has 0 saturated heterocycles. The number of fused-ring (bicyclic) bond motifs is 1. The second-order valence-corrected chi connectivity index (χ2v) is 6.07. The second-order valence-electron chi connectivity index (χ2n) is 6.07. The van der Waals surface area contributed by atoms with E-state index < -0.39 is 0 Å².